The predicted octanol–water partition coefficient (Wildman–Crippen LogP) is 14.1. The average molecular weight is 683 g/mol. The molecule has 0 atom stereocenters. The molecule has 0 radical (unpaired) electrons. The quantitative estimate of drug-likeness (QED) is 0.173. The van der Waals surface area contributed by atoms with Crippen molar-refractivity contribution in [3.8, 4) is 33.8 Å². The van der Waals surface area contributed by atoms with E-state index in [4.69, 9.17) is 9.97 Å². The summed E-state index contributed by atoms with van der Waals surface area (Å²) in [4.78, 5) is 10.2. The molecule has 0 bridgehead atoms. The molecule has 0 spiro atoms. The topological polar surface area (TPSA) is 25.8 Å². The number of rotatable bonds is 3. The zero-order chi connectivity index (χ0) is 35.3. The van der Waals surface area contributed by atoms with Crippen LogP contribution in [0.5, 0.6) is 0 Å². The van der Waals surface area contributed by atoms with Gasteiger partial charge in [0.05, 0.1) is 11.2 Å². The monoisotopic (exact) mass is 682 g/mol. The summed E-state index contributed by atoms with van der Waals surface area (Å²) in [6.07, 6.45) is 0. The molecule has 0 aliphatic carbocycles. The van der Waals surface area contributed by atoms with Crippen molar-refractivity contribution in [3.05, 3.63) is 182 Å². The molecule has 0 aliphatic rings. The third-order valence-electron chi connectivity index (χ3n) is 11.5. The summed E-state index contributed by atoms with van der Waals surface area (Å²) >= 11 is 0. The lowest BCUT2D eigenvalue weighted by Gasteiger charge is -2.17. The molecule has 0 amide bonds. The van der Waals surface area contributed by atoms with Crippen LogP contribution >= 0.6 is 0 Å². The van der Waals surface area contributed by atoms with E-state index < -0.39 is 0 Å². The molecule has 2 heteroatoms. The van der Waals surface area contributed by atoms with Gasteiger partial charge in [-0.1, -0.05) is 152 Å². The fourth-order valence-electron chi connectivity index (χ4n) is 9.04. The minimum atomic E-state index is 0.733. The Morgan fingerprint density at radius 3 is 1.44 bits per heavy atom. The van der Waals surface area contributed by atoms with Crippen molar-refractivity contribution in [1.29, 1.82) is 0 Å². The summed E-state index contributed by atoms with van der Waals surface area (Å²) in [5, 5.41) is 18.9. The van der Waals surface area contributed by atoms with E-state index in [1.54, 1.807) is 0 Å². The van der Waals surface area contributed by atoms with E-state index in [1.807, 2.05) is 12.1 Å². The molecule has 0 aliphatic heterocycles. The molecule has 2 nitrogen and oxygen atoms in total. The first-order valence-corrected chi connectivity index (χ1v) is 18.6. The number of para-hydroxylation sites is 1. The van der Waals surface area contributed by atoms with E-state index in [0.29, 0.717) is 0 Å². The molecule has 11 aromatic carbocycles. The van der Waals surface area contributed by atoms with Gasteiger partial charge in [-0.3, -0.25) is 0 Å². The highest BCUT2D eigenvalue weighted by Crippen LogP contribution is 2.44. The first-order chi connectivity index (χ1) is 26.7. The summed E-state index contributed by atoms with van der Waals surface area (Å²) in [6, 6.07) is 66.4. The third-order valence-corrected chi connectivity index (χ3v) is 11.5. The zero-order valence-electron chi connectivity index (χ0n) is 29.2. The van der Waals surface area contributed by atoms with Crippen molar-refractivity contribution in [2.75, 3.05) is 0 Å². The molecular formula is C52H30N2. The molecule has 12 rings (SSSR count). The first-order valence-electron chi connectivity index (χ1n) is 18.6. The van der Waals surface area contributed by atoms with Crippen LogP contribution in [-0.2, 0) is 0 Å². The van der Waals surface area contributed by atoms with Crippen molar-refractivity contribution >= 4 is 86.3 Å². The molecule has 54 heavy (non-hydrogen) atoms. The van der Waals surface area contributed by atoms with Gasteiger partial charge in [0, 0.05) is 16.5 Å². The predicted molar refractivity (Wildman–Crippen MR) is 230 cm³/mol. The molecular weight excluding hydrogens is 653 g/mol. The summed E-state index contributed by atoms with van der Waals surface area (Å²) < 4.78 is 0. The number of fused-ring (bicyclic) bond motifs is 4. The summed E-state index contributed by atoms with van der Waals surface area (Å²) in [5.41, 5.74) is 6.40. The summed E-state index contributed by atoms with van der Waals surface area (Å²) in [5.74, 6) is 0.733. The molecule has 1 aromatic heterocycles. The number of hydrogen-bond acceptors (Lipinski definition) is 2. The summed E-state index contributed by atoms with van der Waals surface area (Å²) in [6.45, 7) is 0. The second-order valence-corrected chi connectivity index (χ2v) is 14.5. The van der Waals surface area contributed by atoms with Gasteiger partial charge in [-0.05, 0) is 117 Å². The van der Waals surface area contributed by atoms with Crippen LogP contribution in [0.4, 0.5) is 0 Å². The Morgan fingerprint density at radius 2 is 0.759 bits per heavy atom. The second-order valence-electron chi connectivity index (χ2n) is 14.5. The normalized spacial score (nSPS) is 12.1. The molecule has 0 saturated heterocycles. The highest BCUT2D eigenvalue weighted by molar-refractivity contribution is 6.37. The zero-order valence-corrected chi connectivity index (χ0v) is 29.2. The van der Waals surface area contributed by atoms with Crippen molar-refractivity contribution in [1.82, 2.24) is 9.97 Å². The maximum Gasteiger partial charge on any atom is 0.160 e. The van der Waals surface area contributed by atoms with Crippen LogP contribution in [0.15, 0.2) is 182 Å². The Bertz CT molecular complexity index is 3490. The largest absolute Gasteiger partial charge is 0.228 e. The third kappa shape index (κ3) is 4.28. The van der Waals surface area contributed by atoms with Crippen LogP contribution in [-0.4, -0.2) is 9.97 Å². The molecule has 0 unspecified atom stereocenters. The standard InChI is InChI=1S/C52H30N2/c1-2-9-34(10-3-1)51-44-14-4-5-18-46(44)53-52(54-51)39-26-24-35-27-37(23-22-36(35)28-39)40-29-38-25-21-33-12-7-16-42-41-15-6-11-31-19-20-32-13-8-17-43(49(32)47(31)41)45(30-40)50(38)48(33)42/h1-30H. The Morgan fingerprint density at radius 1 is 0.259 bits per heavy atom. The van der Waals surface area contributed by atoms with Crippen LogP contribution in [0.2, 0.25) is 0 Å². The molecule has 1 heterocycles. The van der Waals surface area contributed by atoms with E-state index in [-0.39, 0.29) is 0 Å². The van der Waals surface area contributed by atoms with Gasteiger partial charge in [-0.15, -0.1) is 0 Å². The molecule has 0 N–H and O–H groups in total. The van der Waals surface area contributed by atoms with Gasteiger partial charge < -0.3 is 0 Å². The average Bonchev–Trinajstić information content (AvgIpc) is 3.24. The number of aromatic nitrogens is 2. The second kappa shape index (κ2) is 11.2. The van der Waals surface area contributed by atoms with Gasteiger partial charge in [0.2, 0.25) is 0 Å². The number of hydrogen-bond donors (Lipinski definition) is 0. The minimum absolute atomic E-state index is 0.733. The maximum absolute atomic E-state index is 5.13. The Balaban J connectivity index is 1.07. The molecule has 12 aromatic rings. The van der Waals surface area contributed by atoms with Gasteiger partial charge in [-0.2, -0.15) is 0 Å². The lowest BCUT2D eigenvalue weighted by Crippen LogP contribution is -1.95. The van der Waals surface area contributed by atoms with E-state index in [1.165, 1.54) is 81.1 Å². The molecule has 248 valence electrons. The van der Waals surface area contributed by atoms with Crippen LogP contribution in [0.25, 0.3) is 120 Å². The summed E-state index contributed by atoms with van der Waals surface area (Å²) in [7, 11) is 0. The highest BCUT2D eigenvalue weighted by atomic mass is 14.9. The lowest BCUT2D eigenvalue weighted by atomic mass is 9.86. The number of benzene rings is 10. The Labute approximate surface area is 310 Å². The highest BCUT2D eigenvalue weighted by Gasteiger charge is 2.17. The Hall–Kier alpha value is -7.16. The Kier molecular flexibility index (Phi) is 6.09. The van der Waals surface area contributed by atoms with Crippen molar-refractivity contribution < 1.29 is 0 Å². The van der Waals surface area contributed by atoms with Crippen LogP contribution in [0.3, 0.4) is 0 Å². The van der Waals surface area contributed by atoms with E-state index in [9.17, 15) is 0 Å². The van der Waals surface area contributed by atoms with Crippen molar-refractivity contribution in [2.45, 2.75) is 0 Å². The van der Waals surface area contributed by atoms with Crippen molar-refractivity contribution in [3.63, 3.8) is 0 Å². The minimum Gasteiger partial charge on any atom is -0.228 e. The van der Waals surface area contributed by atoms with E-state index in [0.717, 1.165) is 38.9 Å². The van der Waals surface area contributed by atoms with Crippen LogP contribution in [0, 0.1) is 0 Å². The van der Waals surface area contributed by atoms with E-state index >= 15 is 0 Å². The molecule has 0 saturated carbocycles. The van der Waals surface area contributed by atoms with Gasteiger partial charge in [0.25, 0.3) is 0 Å². The number of nitrogens with zero attached hydrogens (tertiary/aromatic N) is 2. The van der Waals surface area contributed by atoms with E-state index in [2.05, 4.69) is 170 Å². The van der Waals surface area contributed by atoms with Gasteiger partial charge in [0.15, 0.2) is 5.82 Å². The van der Waals surface area contributed by atoms with Gasteiger partial charge in [-0.25, -0.2) is 9.97 Å². The fourth-order valence-corrected chi connectivity index (χ4v) is 9.04. The van der Waals surface area contributed by atoms with Crippen molar-refractivity contribution in [2.24, 2.45) is 0 Å². The van der Waals surface area contributed by atoms with Gasteiger partial charge in [0.1, 0.15) is 0 Å². The maximum atomic E-state index is 5.13. The van der Waals surface area contributed by atoms with Crippen LogP contribution < -0.4 is 0 Å². The molecule has 0 fully saturated rings. The smallest absolute Gasteiger partial charge is 0.160 e. The van der Waals surface area contributed by atoms with Crippen LogP contribution in [0.1, 0.15) is 0 Å². The lowest BCUT2D eigenvalue weighted by molar-refractivity contribution is 1.23. The van der Waals surface area contributed by atoms with Gasteiger partial charge >= 0.3 is 0 Å². The first kappa shape index (κ1) is 29.4. The SMILES string of the molecule is c1ccc(-c2nc(-c3ccc4cc(-c5cc6ccc7cccc8c9cccc%10ccc%11cccc(c(c5)c6c78)c%11c%109)ccc4c3)nc3ccccc23)cc1. The fraction of sp³-hybridized carbons (Fsp3) is 0.